The van der Waals surface area contributed by atoms with E-state index in [1.54, 1.807) is 6.08 Å². The number of aliphatic hydroxyl groups is 2. The molecule has 2 atom stereocenters. The number of carbonyl (C=O) groups excluding carboxylic acids is 2. The molecular formula is C63H119NO5. The molecule has 6 nitrogen and oxygen atoms in total. The fourth-order valence-corrected chi connectivity index (χ4v) is 9.39. The molecule has 0 aliphatic carbocycles. The third kappa shape index (κ3) is 55.2. The third-order valence-electron chi connectivity index (χ3n) is 14.1. The molecule has 0 spiro atoms. The van der Waals surface area contributed by atoms with Crippen LogP contribution < -0.4 is 5.32 Å². The van der Waals surface area contributed by atoms with Crippen molar-refractivity contribution >= 4 is 11.9 Å². The Labute approximate surface area is 430 Å². The van der Waals surface area contributed by atoms with Gasteiger partial charge in [0.25, 0.3) is 0 Å². The van der Waals surface area contributed by atoms with Gasteiger partial charge in [0.15, 0.2) is 0 Å². The van der Waals surface area contributed by atoms with E-state index in [1.165, 1.54) is 244 Å². The Morgan fingerprint density at radius 1 is 0.391 bits per heavy atom. The Morgan fingerprint density at radius 3 is 1.04 bits per heavy atom. The summed E-state index contributed by atoms with van der Waals surface area (Å²) in [5.74, 6) is -0.0897. The number of hydrogen-bond acceptors (Lipinski definition) is 5. The van der Waals surface area contributed by atoms with Gasteiger partial charge in [0.2, 0.25) is 5.91 Å². The average Bonchev–Trinajstić information content (AvgIpc) is 3.35. The number of aliphatic hydroxyl groups excluding tert-OH is 2. The summed E-state index contributed by atoms with van der Waals surface area (Å²) >= 11 is 0. The monoisotopic (exact) mass is 970 g/mol. The molecule has 0 heterocycles. The summed E-state index contributed by atoms with van der Waals surface area (Å²) in [6.45, 7) is 4.88. The Kier molecular flexibility index (Phi) is 57.0. The minimum Gasteiger partial charge on any atom is -0.466 e. The second-order valence-electron chi connectivity index (χ2n) is 21.0. The normalized spacial score (nSPS) is 12.8. The van der Waals surface area contributed by atoms with Crippen molar-refractivity contribution in [2.75, 3.05) is 13.2 Å². The Hall–Kier alpha value is -1.92. The van der Waals surface area contributed by atoms with Crippen LogP contribution in [0.3, 0.4) is 0 Å². The van der Waals surface area contributed by atoms with E-state index >= 15 is 0 Å². The summed E-state index contributed by atoms with van der Waals surface area (Å²) in [7, 11) is 0. The number of unbranched alkanes of at least 4 members (excludes halogenated alkanes) is 42. The average molecular weight is 971 g/mol. The molecule has 0 saturated carbocycles. The number of rotatable bonds is 57. The second-order valence-corrected chi connectivity index (χ2v) is 21.0. The number of esters is 1. The van der Waals surface area contributed by atoms with Crippen molar-refractivity contribution in [3.05, 3.63) is 36.5 Å². The van der Waals surface area contributed by atoms with E-state index in [0.29, 0.717) is 19.4 Å². The number of allylic oxidation sites excluding steroid dienone is 5. The molecule has 0 aliphatic rings. The number of amides is 1. The van der Waals surface area contributed by atoms with Gasteiger partial charge in [-0.25, -0.2) is 0 Å². The highest BCUT2D eigenvalue weighted by molar-refractivity contribution is 5.76. The number of hydrogen-bond donors (Lipinski definition) is 3. The summed E-state index contributed by atoms with van der Waals surface area (Å²) in [6, 6.07) is -0.638. The van der Waals surface area contributed by atoms with Gasteiger partial charge in [-0.2, -0.15) is 0 Å². The van der Waals surface area contributed by atoms with Crippen LogP contribution in [0.2, 0.25) is 0 Å². The molecule has 6 heteroatoms. The van der Waals surface area contributed by atoms with Crippen LogP contribution in [0, 0.1) is 0 Å². The number of carbonyl (C=O) groups is 2. The minimum absolute atomic E-state index is 0.0118. The predicted octanol–water partition coefficient (Wildman–Crippen LogP) is 19.2. The lowest BCUT2D eigenvalue weighted by atomic mass is 10.0. The van der Waals surface area contributed by atoms with Crippen LogP contribution in [0.1, 0.15) is 328 Å². The van der Waals surface area contributed by atoms with E-state index in [0.717, 1.165) is 57.8 Å². The third-order valence-corrected chi connectivity index (χ3v) is 14.1. The first-order chi connectivity index (χ1) is 34.0. The molecule has 0 radical (unpaired) electrons. The molecule has 0 fully saturated rings. The van der Waals surface area contributed by atoms with Crippen molar-refractivity contribution in [1.82, 2.24) is 5.32 Å². The fourth-order valence-electron chi connectivity index (χ4n) is 9.39. The Bertz CT molecular complexity index is 1120. The summed E-state index contributed by atoms with van der Waals surface area (Å²) in [5.41, 5.74) is 0. The maximum absolute atomic E-state index is 12.5. The quantitative estimate of drug-likeness (QED) is 0.0321. The maximum atomic E-state index is 12.5. The zero-order valence-corrected chi connectivity index (χ0v) is 46.3. The van der Waals surface area contributed by atoms with E-state index in [-0.39, 0.29) is 18.5 Å². The molecule has 0 aromatic rings. The second kappa shape index (κ2) is 58.6. The predicted molar refractivity (Wildman–Crippen MR) is 301 cm³/mol. The molecule has 0 bridgehead atoms. The van der Waals surface area contributed by atoms with Crippen molar-refractivity contribution in [2.45, 2.75) is 341 Å². The molecule has 0 aliphatic heterocycles. The lowest BCUT2D eigenvalue weighted by molar-refractivity contribution is -0.143. The first-order valence-corrected chi connectivity index (χ1v) is 30.8. The molecule has 1 amide bonds. The maximum Gasteiger partial charge on any atom is 0.305 e. The van der Waals surface area contributed by atoms with Gasteiger partial charge in [-0.3, -0.25) is 9.59 Å². The number of ether oxygens (including phenoxy) is 1. The van der Waals surface area contributed by atoms with Crippen molar-refractivity contribution in [3.8, 4) is 0 Å². The lowest BCUT2D eigenvalue weighted by Crippen LogP contribution is -2.45. The van der Waals surface area contributed by atoms with Gasteiger partial charge in [0.1, 0.15) is 0 Å². The highest BCUT2D eigenvalue weighted by atomic mass is 16.5. The fraction of sp³-hybridized carbons (Fsp3) is 0.873. The summed E-state index contributed by atoms with van der Waals surface area (Å²) in [6.07, 6.45) is 73.2. The van der Waals surface area contributed by atoms with Gasteiger partial charge >= 0.3 is 5.97 Å². The van der Waals surface area contributed by atoms with Crippen LogP contribution in [-0.4, -0.2) is 47.4 Å². The van der Waals surface area contributed by atoms with Gasteiger partial charge in [-0.15, -0.1) is 0 Å². The van der Waals surface area contributed by atoms with Gasteiger partial charge < -0.3 is 20.3 Å². The van der Waals surface area contributed by atoms with Crippen LogP contribution in [0.4, 0.5) is 0 Å². The molecule has 0 saturated heterocycles. The molecule has 3 N–H and O–H groups in total. The van der Waals surface area contributed by atoms with Crippen LogP contribution in [0.25, 0.3) is 0 Å². The number of nitrogens with one attached hydrogen (secondary N) is 1. The Morgan fingerprint density at radius 2 is 0.681 bits per heavy atom. The molecule has 2 unspecified atom stereocenters. The highest BCUT2D eigenvalue weighted by Gasteiger charge is 2.18. The highest BCUT2D eigenvalue weighted by Crippen LogP contribution is 2.17. The largest absolute Gasteiger partial charge is 0.466 e. The first kappa shape index (κ1) is 67.1. The van der Waals surface area contributed by atoms with Crippen molar-refractivity contribution < 1.29 is 24.5 Å². The first-order valence-electron chi connectivity index (χ1n) is 30.8. The zero-order valence-electron chi connectivity index (χ0n) is 46.3. The SMILES string of the molecule is CCCCCC/C=C\CCCCCCCC(=O)OCCCCCCCC/C=C\CCCCCCCCCC(=O)NC(CO)C(O)/C=C/CCCCCCCCCCCCCCCCCCCCCC. The van der Waals surface area contributed by atoms with Gasteiger partial charge in [-0.1, -0.05) is 269 Å². The van der Waals surface area contributed by atoms with Crippen molar-refractivity contribution in [1.29, 1.82) is 0 Å². The Balaban J connectivity index is 3.50. The van der Waals surface area contributed by atoms with Gasteiger partial charge in [0, 0.05) is 12.8 Å². The summed E-state index contributed by atoms with van der Waals surface area (Å²) < 4.78 is 5.46. The lowest BCUT2D eigenvalue weighted by Gasteiger charge is -2.20. The molecule has 69 heavy (non-hydrogen) atoms. The van der Waals surface area contributed by atoms with E-state index in [9.17, 15) is 19.8 Å². The topological polar surface area (TPSA) is 95.9 Å². The van der Waals surface area contributed by atoms with Crippen LogP contribution in [0.15, 0.2) is 36.5 Å². The van der Waals surface area contributed by atoms with Crippen molar-refractivity contribution in [2.24, 2.45) is 0 Å². The molecule has 0 rings (SSSR count). The standard InChI is InChI=1S/C63H119NO5/c1-3-5-7-9-11-13-15-17-18-19-20-21-22-23-25-28-32-35-39-43-47-51-55-61(66)60(59-65)64-62(67)56-52-48-44-40-36-33-29-26-24-27-30-34-38-42-46-50-54-58-69-63(68)57-53-49-45-41-37-31-16-14-12-10-8-6-4-2/h14,16,24,27,51,55,60-61,65-66H,3-13,15,17-23,25-26,28-50,52-54,56-59H2,1-2H3,(H,64,67)/b16-14-,27-24-,55-51+. The molecule has 0 aromatic heterocycles. The molecular weight excluding hydrogens is 851 g/mol. The van der Waals surface area contributed by atoms with Gasteiger partial charge in [-0.05, 0) is 83.5 Å². The summed E-state index contributed by atoms with van der Waals surface area (Å²) in [4.78, 5) is 24.5. The minimum atomic E-state index is -0.854. The van der Waals surface area contributed by atoms with Crippen LogP contribution in [-0.2, 0) is 14.3 Å². The molecule has 406 valence electrons. The van der Waals surface area contributed by atoms with Gasteiger partial charge in [0.05, 0.1) is 25.4 Å². The van der Waals surface area contributed by atoms with E-state index in [4.69, 9.17) is 4.74 Å². The van der Waals surface area contributed by atoms with Crippen molar-refractivity contribution in [3.63, 3.8) is 0 Å². The van der Waals surface area contributed by atoms with E-state index < -0.39 is 12.1 Å². The zero-order chi connectivity index (χ0) is 50.0. The smallest absolute Gasteiger partial charge is 0.305 e. The van der Waals surface area contributed by atoms with Crippen LogP contribution in [0.5, 0.6) is 0 Å². The van der Waals surface area contributed by atoms with E-state index in [2.05, 4.69) is 43.5 Å². The molecule has 0 aromatic carbocycles. The van der Waals surface area contributed by atoms with Crippen LogP contribution >= 0.6 is 0 Å². The summed E-state index contributed by atoms with van der Waals surface area (Å²) in [5, 5.41) is 23.2. The van der Waals surface area contributed by atoms with E-state index in [1.807, 2.05) is 6.08 Å².